The van der Waals surface area contributed by atoms with E-state index in [4.69, 9.17) is 9.42 Å². The topological polar surface area (TPSA) is 136 Å². The smallest absolute Gasteiger partial charge is 0.399 e. The highest BCUT2D eigenvalue weighted by atomic mass is 31.2. The van der Waals surface area contributed by atoms with Crippen LogP contribution in [-0.2, 0) is 28.0 Å². The summed E-state index contributed by atoms with van der Waals surface area (Å²) in [5.41, 5.74) is 0.411. The maximum absolute atomic E-state index is 11.5. The van der Waals surface area contributed by atoms with Crippen molar-refractivity contribution in [3.8, 4) is 0 Å². The quantitative estimate of drug-likeness (QED) is 0.122. The predicted molar refractivity (Wildman–Crippen MR) is 126 cm³/mol. The molecule has 0 aliphatic carbocycles. The second-order valence-electron chi connectivity index (χ2n) is 6.43. The summed E-state index contributed by atoms with van der Waals surface area (Å²) in [7, 11) is 0.527. The molecule has 10 nitrogen and oxygen atoms in total. The van der Waals surface area contributed by atoms with Crippen molar-refractivity contribution in [3.05, 3.63) is 0 Å². The molecule has 0 bridgehead atoms. The number of hydrogen-bond acceptors (Lipinski definition) is 8. The molecule has 1 atom stereocenters. The number of nitrogens with zero attached hydrogens (tertiary/aromatic N) is 1. The van der Waals surface area contributed by atoms with Crippen LogP contribution in [0.4, 0.5) is 0 Å². The van der Waals surface area contributed by atoms with Gasteiger partial charge in [-0.05, 0) is 19.4 Å². The number of hydrogen-bond donors (Lipinski definition) is 3. The van der Waals surface area contributed by atoms with Gasteiger partial charge in [0.05, 0.1) is 12.3 Å². The van der Waals surface area contributed by atoms with E-state index in [1.807, 2.05) is 41.7 Å². The number of phosphoric acid groups is 1. The van der Waals surface area contributed by atoms with Gasteiger partial charge in [0.15, 0.2) is 0 Å². The van der Waals surface area contributed by atoms with E-state index in [0.717, 1.165) is 32.1 Å². The number of phosphoric ester groups is 1. The van der Waals surface area contributed by atoms with Crippen molar-refractivity contribution in [1.82, 2.24) is 10.6 Å². The van der Waals surface area contributed by atoms with Crippen LogP contribution >= 0.6 is 7.82 Å². The number of amides is 1. The molecular formula is C20H46N3O7P. The second-order valence-corrected chi connectivity index (χ2v) is 7.99. The van der Waals surface area contributed by atoms with Gasteiger partial charge in [-0.25, -0.2) is 4.57 Å². The lowest BCUT2D eigenvalue weighted by molar-refractivity contribution is -0.123. The molecule has 0 aromatic rings. The Morgan fingerprint density at radius 2 is 1.71 bits per heavy atom. The summed E-state index contributed by atoms with van der Waals surface area (Å²) in [4.78, 5) is 35.2. The van der Waals surface area contributed by atoms with Crippen LogP contribution in [0.1, 0.15) is 67.7 Å². The van der Waals surface area contributed by atoms with Gasteiger partial charge in [-0.3, -0.25) is 13.8 Å². The molecule has 0 aliphatic rings. The van der Waals surface area contributed by atoms with Crippen molar-refractivity contribution in [2.75, 3.05) is 41.0 Å². The van der Waals surface area contributed by atoms with Crippen molar-refractivity contribution in [3.63, 3.8) is 0 Å². The third kappa shape index (κ3) is 31.0. The van der Waals surface area contributed by atoms with Gasteiger partial charge >= 0.3 is 7.82 Å². The highest BCUT2D eigenvalue weighted by Crippen LogP contribution is 2.43. The van der Waals surface area contributed by atoms with Gasteiger partial charge < -0.3 is 25.2 Å². The Labute approximate surface area is 189 Å². The van der Waals surface area contributed by atoms with Crippen LogP contribution in [0.3, 0.4) is 0 Å². The molecule has 1 amide bonds. The monoisotopic (exact) mass is 471 g/mol. The molecule has 0 saturated heterocycles. The van der Waals surface area contributed by atoms with Crippen LogP contribution in [0.25, 0.3) is 0 Å². The molecular weight excluding hydrogens is 425 g/mol. The van der Waals surface area contributed by atoms with E-state index in [1.165, 1.54) is 0 Å². The molecule has 0 spiro atoms. The highest BCUT2D eigenvalue weighted by Gasteiger charge is 2.27. The Balaban J connectivity index is -0.000000235. The van der Waals surface area contributed by atoms with Crippen molar-refractivity contribution >= 4 is 25.7 Å². The molecule has 188 valence electrons. The first-order valence-corrected chi connectivity index (χ1v) is 12.0. The second kappa shape index (κ2) is 24.9. The average Bonchev–Trinajstić information content (AvgIpc) is 2.74. The van der Waals surface area contributed by atoms with Crippen LogP contribution in [0.5, 0.6) is 0 Å². The van der Waals surface area contributed by atoms with Crippen LogP contribution in [-0.4, -0.2) is 63.8 Å². The van der Waals surface area contributed by atoms with Crippen LogP contribution < -0.4 is 10.6 Å². The van der Waals surface area contributed by atoms with Gasteiger partial charge in [0.2, 0.25) is 5.91 Å². The maximum atomic E-state index is 11.5. The van der Waals surface area contributed by atoms with E-state index in [9.17, 15) is 14.2 Å². The molecule has 1 unspecified atom stereocenters. The fourth-order valence-corrected chi connectivity index (χ4v) is 2.25. The highest BCUT2D eigenvalue weighted by molar-refractivity contribution is 7.47. The molecule has 0 aromatic heterocycles. The number of rotatable bonds is 13. The molecule has 0 fully saturated rings. The zero-order valence-corrected chi connectivity index (χ0v) is 22.0. The van der Waals surface area contributed by atoms with Crippen LogP contribution in [0.15, 0.2) is 5.16 Å². The van der Waals surface area contributed by atoms with Crippen molar-refractivity contribution in [1.29, 1.82) is 0 Å². The van der Waals surface area contributed by atoms with Gasteiger partial charge in [-0.2, -0.15) is 0 Å². The van der Waals surface area contributed by atoms with Crippen molar-refractivity contribution in [2.45, 2.75) is 67.7 Å². The molecule has 31 heavy (non-hydrogen) atoms. The minimum absolute atomic E-state index is 0.0876. The molecule has 0 aromatic carbocycles. The number of aldehydes is 1. The van der Waals surface area contributed by atoms with Crippen molar-refractivity contribution < 1.29 is 32.9 Å². The largest absolute Gasteiger partial charge is 0.471 e. The molecule has 0 heterocycles. The SMILES string of the molecule is CC.CC.CNCC/C(C)=N/OC.COP(=O)(O)OCC(C)(C)CC(=O)NCCC=O. The minimum atomic E-state index is -4.02. The standard InChI is InChI=1S/C10H20NO6P.C6H14N2O.2C2H6/c1-10(2,8-17-18(14,15)16-3)7-9(13)11-5-4-6-12;1-6(8-9-3)4-5-7-2;2*1-2/h6H,4-5,7-8H2,1-3H3,(H,11,13)(H,14,15);7H,4-5H2,1-3H3;2*1-2H3/b;8-6+;;. The summed E-state index contributed by atoms with van der Waals surface area (Å²) in [6.45, 7) is 14.6. The van der Waals surface area contributed by atoms with E-state index in [2.05, 4.69) is 25.2 Å². The van der Waals surface area contributed by atoms with Crippen molar-refractivity contribution in [2.24, 2.45) is 10.6 Å². The predicted octanol–water partition coefficient (Wildman–Crippen LogP) is 3.54. The third-order valence-corrected chi connectivity index (χ3v) is 3.97. The zero-order valence-electron chi connectivity index (χ0n) is 21.1. The number of carbonyl (C=O) groups is 2. The Hall–Kier alpha value is -1.32. The first kappa shape index (κ1) is 37.0. The fraction of sp³-hybridized carbons (Fsp3) is 0.850. The van der Waals surface area contributed by atoms with Gasteiger partial charge in [-0.1, -0.05) is 46.7 Å². The Bertz CT molecular complexity index is 501. The Morgan fingerprint density at radius 3 is 2.13 bits per heavy atom. The summed E-state index contributed by atoms with van der Waals surface area (Å²) in [6.07, 6.45) is 2.05. The lowest BCUT2D eigenvalue weighted by Gasteiger charge is -2.24. The first-order valence-electron chi connectivity index (χ1n) is 10.5. The van der Waals surface area contributed by atoms with E-state index in [-0.39, 0.29) is 31.9 Å². The lowest BCUT2D eigenvalue weighted by Crippen LogP contribution is -2.31. The third-order valence-electron chi connectivity index (χ3n) is 3.06. The van der Waals surface area contributed by atoms with E-state index in [0.29, 0.717) is 0 Å². The maximum Gasteiger partial charge on any atom is 0.471 e. The fourth-order valence-electron chi connectivity index (χ4n) is 1.64. The molecule has 0 rings (SSSR count). The molecule has 0 saturated carbocycles. The number of nitrogens with one attached hydrogen (secondary N) is 2. The number of carbonyl (C=O) groups excluding carboxylic acids is 2. The van der Waals surface area contributed by atoms with Gasteiger partial charge in [-0.15, -0.1) is 0 Å². The van der Waals surface area contributed by atoms with Gasteiger partial charge in [0, 0.05) is 39.5 Å². The molecule has 3 N–H and O–H groups in total. The molecule has 11 heteroatoms. The zero-order chi connectivity index (χ0) is 25.3. The molecule has 0 radical (unpaired) electrons. The summed E-state index contributed by atoms with van der Waals surface area (Å²) < 4.78 is 20.1. The summed E-state index contributed by atoms with van der Waals surface area (Å²) in [5.74, 6) is -0.240. The minimum Gasteiger partial charge on any atom is -0.399 e. The normalized spacial score (nSPS) is 12.4. The summed E-state index contributed by atoms with van der Waals surface area (Å²) in [5, 5.41) is 9.32. The number of oxime groups is 1. The van der Waals surface area contributed by atoms with Gasteiger partial charge in [0.1, 0.15) is 13.4 Å². The Morgan fingerprint density at radius 1 is 1.16 bits per heavy atom. The first-order chi connectivity index (χ1) is 14.5. The van der Waals surface area contributed by atoms with E-state index in [1.54, 1.807) is 21.0 Å². The van der Waals surface area contributed by atoms with E-state index < -0.39 is 13.2 Å². The summed E-state index contributed by atoms with van der Waals surface area (Å²) in [6, 6.07) is 0. The Kier molecular flexibility index (Phi) is 29.8. The molecule has 0 aliphatic heterocycles. The summed E-state index contributed by atoms with van der Waals surface area (Å²) >= 11 is 0. The van der Waals surface area contributed by atoms with Gasteiger partial charge in [0.25, 0.3) is 0 Å². The van der Waals surface area contributed by atoms with E-state index >= 15 is 0 Å². The average molecular weight is 472 g/mol. The van der Waals surface area contributed by atoms with Crippen LogP contribution in [0, 0.1) is 5.41 Å². The lowest BCUT2D eigenvalue weighted by atomic mass is 9.90. The van der Waals surface area contributed by atoms with Crippen LogP contribution in [0.2, 0.25) is 0 Å².